The van der Waals surface area contributed by atoms with Crippen molar-refractivity contribution in [1.82, 2.24) is 5.32 Å². The molecule has 0 aliphatic carbocycles. The average Bonchev–Trinajstić information content (AvgIpc) is 2.66. The van der Waals surface area contributed by atoms with Gasteiger partial charge in [-0.3, -0.25) is 0 Å². The molecule has 2 rings (SSSR count). The molecule has 0 radical (unpaired) electrons. The molecule has 8 heteroatoms. The minimum Gasteiger partial charge on any atom is -0.309 e. The lowest BCUT2D eigenvalue weighted by atomic mass is 10.2. The monoisotopic (exact) mass is 325 g/mol. The van der Waals surface area contributed by atoms with Gasteiger partial charge < -0.3 is 5.32 Å². The second kappa shape index (κ2) is 5.95. The molecule has 0 amide bonds. The summed E-state index contributed by atoms with van der Waals surface area (Å²) in [6.07, 6.45) is 0.588. The third-order valence-electron chi connectivity index (χ3n) is 2.98. The number of thioether (sulfide) groups is 1. The zero-order valence-electron chi connectivity index (χ0n) is 10.5. The lowest BCUT2D eigenvalue weighted by Crippen LogP contribution is -2.29. The molecule has 1 aromatic rings. The van der Waals surface area contributed by atoms with Gasteiger partial charge in [-0.15, -0.1) is 0 Å². The van der Waals surface area contributed by atoms with E-state index in [1.54, 1.807) is 12.1 Å². The number of alkyl halides is 3. The zero-order chi connectivity index (χ0) is 14.8. The van der Waals surface area contributed by atoms with Gasteiger partial charge in [-0.2, -0.15) is 13.2 Å². The predicted molar refractivity (Wildman–Crippen MR) is 72.3 cm³/mol. The van der Waals surface area contributed by atoms with Gasteiger partial charge in [0.1, 0.15) is 0 Å². The summed E-state index contributed by atoms with van der Waals surface area (Å²) in [5, 5.41) is 3.11. The summed E-state index contributed by atoms with van der Waals surface area (Å²) >= 11 is -0.147. The van der Waals surface area contributed by atoms with Crippen molar-refractivity contribution in [2.45, 2.75) is 29.4 Å². The molecule has 1 heterocycles. The molecule has 1 unspecified atom stereocenters. The van der Waals surface area contributed by atoms with Gasteiger partial charge in [-0.05, 0) is 35.9 Å². The van der Waals surface area contributed by atoms with Crippen molar-refractivity contribution in [3.05, 3.63) is 29.8 Å². The fourth-order valence-electron chi connectivity index (χ4n) is 2.03. The minimum atomic E-state index is -4.28. The van der Waals surface area contributed by atoms with Crippen LogP contribution in [0.5, 0.6) is 0 Å². The van der Waals surface area contributed by atoms with Gasteiger partial charge in [-0.1, -0.05) is 12.1 Å². The van der Waals surface area contributed by atoms with E-state index in [-0.39, 0.29) is 34.2 Å². The molecular weight excluding hydrogens is 311 g/mol. The van der Waals surface area contributed by atoms with Crippen LogP contribution >= 0.6 is 11.8 Å². The lowest BCUT2D eigenvalue weighted by Gasteiger charge is -2.11. The maximum atomic E-state index is 12.2. The number of hydrogen-bond donors (Lipinski definition) is 1. The highest BCUT2D eigenvalue weighted by Gasteiger charge is 2.29. The normalized spacial score (nSPS) is 22.1. The third-order valence-corrected chi connectivity index (χ3v) is 5.49. The minimum absolute atomic E-state index is 0.0655. The van der Waals surface area contributed by atoms with Crippen LogP contribution in [0.25, 0.3) is 0 Å². The van der Waals surface area contributed by atoms with Crippen LogP contribution in [0.15, 0.2) is 29.2 Å². The Morgan fingerprint density at radius 1 is 1.25 bits per heavy atom. The molecule has 1 N–H and O–H groups in total. The Balaban J connectivity index is 1.85. The molecule has 0 saturated carbocycles. The van der Waals surface area contributed by atoms with Crippen molar-refractivity contribution in [3.63, 3.8) is 0 Å². The van der Waals surface area contributed by atoms with Crippen LogP contribution in [0.4, 0.5) is 13.2 Å². The first kappa shape index (κ1) is 15.7. The molecule has 1 aromatic carbocycles. The molecule has 1 saturated heterocycles. The summed E-state index contributed by atoms with van der Waals surface area (Å²) in [5.41, 5.74) is -3.45. The molecule has 1 atom stereocenters. The number of hydrogen-bond acceptors (Lipinski definition) is 4. The van der Waals surface area contributed by atoms with Crippen LogP contribution < -0.4 is 5.32 Å². The van der Waals surface area contributed by atoms with Crippen molar-refractivity contribution in [3.8, 4) is 0 Å². The smallest absolute Gasteiger partial charge is 0.309 e. The topological polar surface area (TPSA) is 46.2 Å². The van der Waals surface area contributed by atoms with Crippen molar-refractivity contribution >= 4 is 21.6 Å². The molecule has 112 valence electrons. The van der Waals surface area contributed by atoms with Gasteiger partial charge in [0.15, 0.2) is 9.84 Å². The van der Waals surface area contributed by atoms with Gasteiger partial charge >= 0.3 is 5.51 Å². The molecule has 0 aromatic heterocycles. The van der Waals surface area contributed by atoms with E-state index >= 15 is 0 Å². The maximum Gasteiger partial charge on any atom is 0.446 e. The second-order valence-corrected chi connectivity index (χ2v) is 8.04. The number of halogens is 3. The fraction of sp³-hybridized carbons (Fsp3) is 0.500. The Morgan fingerprint density at radius 2 is 1.90 bits per heavy atom. The molecule has 20 heavy (non-hydrogen) atoms. The van der Waals surface area contributed by atoms with Crippen molar-refractivity contribution in [2.24, 2.45) is 0 Å². The van der Waals surface area contributed by atoms with Crippen LogP contribution in [0, 0.1) is 0 Å². The zero-order valence-corrected chi connectivity index (χ0v) is 12.1. The lowest BCUT2D eigenvalue weighted by molar-refractivity contribution is -0.0328. The van der Waals surface area contributed by atoms with Crippen molar-refractivity contribution in [2.75, 3.05) is 11.5 Å². The molecule has 0 bridgehead atoms. The number of benzene rings is 1. The predicted octanol–water partition coefficient (Wildman–Crippen LogP) is 2.58. The second-order valence-electron chi connectivity index (χ2n) is 4.67. The Morgan fingerprint density at radius 3 is 2.40 bits per heavy atom. The Hall–Kier alpha value is -0.730. The summed E-state index contributed by atoms with van der Waals surface area (Å²) in [7, 11) is -2.92. The number of rotatable bonds is 4. The van der Waals surface area contributed by atoms with E-state index in [0.29, 0.717) is 13.0 Å². The fourth-order valence-corrected chi connectivity index (χ4v) is 4.27. The SMILES string of the molecule is O=S1(=O)CCC(NCc2ccc(SC(F)(F)F)cc2)C1. The summed E-state index contributed by atoms with van der Waals surface area (Å²) in [5.74, 6) is 0.334. The van der Waals surface area contributed by atoms with Crippen LogP contribution in [0.3, 0.4) is 0 Å². The highest BCUT2D eigenvalue weighted by molar-refractivity contribution is 8.00. The van der Waals surface area contributed by atoms with E-state index in [4.69, 9.17) is 0 Å². The van der Waals surface area contributed by atoms with Gasteiger partial charge in [-0.25, -0.2) is 8.42 Å². The molecule has 1 fully saturated rings. The maximum absolute atomic E-state index is 12.2. The molecule has 1 aliphatic rings. The Labute approximate surface area is 119 Å². The molecular formula is C12H14F3NO2S2. The third kappa shape index (κ3) is 4.99. The largest absolute Gasteiger partial charge is 0.446 e. The van der Waals surface area contributed by atoms with E-state index in [1.165, 1.54) is 12.1 Å². The van der Waals surface area contributed by atoms with Gasteiger partial charge in [0.05, 0.1) is 11.5 Å². The van der Waals surface area contributed by atoms with Crippen molar-refractivity contribution in [1.29, 1.82) is 0 Å². The average molecular weight is 325 g/mol. The van der Waals surface area contributed by atoms with E-state index in [0.717, 1.165) is 5.56 Å². The molecule has 0 spiro atoms. The van der Waals surface area contributed by atoms with E-state index in [1.807, 2.05) is 0 Å². The highest BCUT2D eigenvalue weighted by Crippen LogP contribution is 2.36. The Kier molecular flexibility index (Phi) is 4.66. The summed E-state index contributed by atoms with van der Waals surface area (Å²) in [4.78, 5) is 0.143. The summed E-state index contributed by atoms with van der Waals surface area (Å²) in [6.45, 7) is 0.456. The van der Waals surface area contributed by atoms with Gasteiger partial charge in [0, 0.05) is 17.5 Å². The van der Waals surface area contributed by atoms with Crippen LogP contribution in [0.2, 0.25) is 0 Å². The molecule has 1 aliphatic heterocycles. The van der Waals surface area contributed by atoms with Gasteiger partial charge in [0.2, 0.25) is 0 Å². The number of nitrogens with one attached hydrogen (secondary N) is 1. The van der Waals surface area contributed by atoms with Gasteiger partial charge in [0.25, 0.3) is 0 Å². The summed E-state index contributed by atoms with van der Waals surface area (Å²) < 4.78 is 59.0. The van der Waals surface area contributed by atoms with Crippen LogP contribution in [-0.4, -0.2) is 31.5 Å². The first-order chi connectivity index (χ1) is 9.23. The van der Waals surface area contributed by atoms with Crippen molar-refractivity contribution < 1.29 is 21.6 Å². The quantitative estimate of drug-likeness (QED) is 0.865. The van der Waals surface area contributed by atoms with Crippen LogP contribution in [-0.2, 0) is 16.4 Å². The van der Waals surface area contributed by atoms with E-state index in [2.05, 4.69) is 5.32 Å². The highest BCUT2D eigenvalue weighted by atomic mass is 32.2. The first-order valence-corrected chi connectivity index (χ1v) is 8.66. The Bertz CT molecular complexity index is 555. The number of sulfone groups is 1. The van der Waals surface area contributed by atoms with E-state index < -0.39 is 15.3 Å². The first-order valence-electron chi connectivity index (χ1n) is 6.02. The molecule has 3 nitrogen and oxygen atoms in total. The summed E-state index contributed by atoms with van der Waals surface area (Å²) in [6, 6.07) is 6.00. The van der Waals surface area contributed by atoms with E-state index in [9.17, 15) is 21.6 Å². The van der Waals surface area contributed by atoms with Crippen LogP contribution in [0.1, 0.15) is 12.0 Å². The standard InChI is InChI=1S/C12H14F3NO2S2/c13-12(14,15)19-11-3-1-9(2-4-11)7-16-10-5-6-20(17,18)8-10/h1-4,10,16H,5-8H2.